The van der Waals surface area contributed by atoms with Crippen LogP contribution in [0, 0.1) is 0 Å². The molecule has 1 saturated heterocycles. The molecule has 12 heteroatoms. The molecule has 2 N–H and O–H groups in total. The second kappa shape index (κ2) is 8.04. The van der Waals surface area contributed by atoms with E-state index in [1.165, 1.54) is 52.6 Å². The molecule has 1 aromatic carbocycles. The van der Waals surface area contributed by atoms with Crippen molar-refractivity contribution in [2.75, 3.05) is 33.1 Å². The number of sulfonamides is 1. The van der Waals surface area contributed by atoms with Crippen molar-refractivity contribution in [2.45, 2.75) is 17.4 Å². The molecule has 1 aromatic heterocycles. The number of anilines is 1. The number of amides is 4. The smallest absolute Gasteiger partial charge is 0.325 e. The van der Waals surface area contributed by atoms with Gasteiger partial charge < -0.3 is 19.8 Å². The minimum absolute atomic E-state index is 0.106. The number of imide groups is 1. The van der Waals surface area contributed by atoms with E-state index in [2.05, 4.69) is 10.6 Å². The van der Waals surface area contributed by atoms with Gasteiger partial charge in [0.15, 0.2) is 5.54 Å². The van der Waals surface area contributed by atoms with Crippen LogP contribution in [-0.4, -0.2) is 63.2 Å². The van der Waals surface area contributed by atoms with E-state index in [-0.39, 0.29) is 22.1 Å². The first-order chi connectivity index (χ1) is 14.5. The Morgan fingerprint density at radius 2 is 2.00 bits per heavy atom. The van der Waals surface area contributed by atoms with Crippen LogP contribution >= 0.6 is 0 Å². The summed E-state index contributed by atoms with van der Waals surface area (Å²) in [6.07, 6.45) is 1.37. The van der Waals surface area contributed by atoms with Gasteiger partial charge in [0.2, 0.25) is 15.9 Å². The highest BCUT2D eigenvalue weighted by Crippen LogP contribution is 2.30. The summed E-state index contributed by atoms with van der Waals surface area (Å²) < 4.78 is 36.4. The van der Waals surface area contributed by atoms with Gasteiger partial charge in [0.1, 0.15) is 22.9 Å². The third-order valence-corrected chi connectivity index (χ3v) is 6.63. The molecule has 1 aliphatic rings. The molecular formula is C19H22N4O7S. The average Bonchev–Trinajstić information content (AvgIpc) is 3.32. The highest BCUT2D eigenvalue weighted by Gasteiger charge is 2.51. The second-order valence-electron chi connectivity index (χ2n) is 7.12. The average molecular weight is 450 g/mol. The molecule has 2 aromatic rings. The number of hydrogen-bond donors (Lipinski definition) is 2. The van der Waals surface area contributed by atoms with Gasteiger partial charge in [0, 0.05) is 19.8 Å². The van der Waals surface area contributed by atoms with Crippen molar-refractivity contribution in [3.05, 3.63) is 42.4 Å². The Kier molecular flexibility index (Phi) is 5.79. The molecule has 0 bridgehead atoms. The largest absolute Gasteiger partial charge is 0.495 e. The highest BCUT2D eigenvalue weighted by molar-refractivity contribution is 7.89. The Bertz CT molecular complexity index is 1130. The summed E-state index contributed by atoms with van der Waals surface area (Å²) >= 11 is 0. The Balaban J connectivity index is 1.79. The number of nitrogens with one attached hydrogen (secondary N) is 2. The molecule has 0 saturated carbocycles. The first-order valence-corrected chi connectivity index (χ1v) is 10.5. The molecule has 31 heavy (non-hydrogen) atoms. The zero-order chi connectivity index (χ0) is 23.0. The number of nitrogens with zero attached hydrogens (tertiary/aromatic N) is 2. The summed E-state index contributed by atoms with van der Waals surface area (Å²) in [5.74, 6) is -0.990. The molecule has 2 heterocycles. The van der Waals surface area contributed by atoms with Crippen molar-refractivity contribution in [1.82, 2.24) is 14.5 Å². The normalized spacial score (nSPS) is 18.9. The number of urea groups is 1. The number of methoxy groups -OCH3 is 1. The van der Waals surface area contributed by atoms with E-state index in [1.807, 2.05) is 0 Å². The Labute approximate surface area is 179 Å². The quantitative estimate of drug-likeness (QED) is 0.599. The van der Waals surface area contributed by atoms with Gasteiger partial charge in [-0.05, 0) is 37.3 Å². The summed E-state index contributed by atoms with van der Waals surface area (Å²) in [6.45, 7) is 0.911. The first-order valence-electron chi connectivity index (χ1n) is 9.09. The number of ether oxygens (including phenoxy) is 1. The Morgan fingerprint density at radius 1 is 1.29 bits per heavy atom. The van der Waals surface area contributed by atoms with E-state index in [4.69, 9.17) is 9.15 Å². The van der Waals surface area contributed by atoms with Crippen LogP contribution in [0.3, 0.4) is 0 Å². The van der Waals surface area contributed by atoms with Gasteiger partial charge in [-0.3, -0.25) is 14.5 Å². The first kappa shape index (κ1) is 22.3. The molecule has 0 radical (unpaired) electrons. The monoisotopic (exact) mass is 450 g/mol. The van der Waals surface area contributed by atoms with E-state index in [9.17, 15) is 22.8 Å². The summed E-state index contributed by atoms with van der Waals surface area (Å²) in [5.41, 5.74) is -1.26. The van der Waals surface area contributed by atoms with Gasteiger partial charge in [-0.1, -0.05) is 0 Å². The molecule has 1 atom stereocenters. The number of carbonyl (C=O) groups is 3. The maximum absolute atomic E-state index is 12.8. The van der Waals surface area contributed by atoms with Crippen LogP contribution in [0.5, 0.6) is 5.75 Å². The molecule has 1 fully saturated rings. The van der Waals surface area contributed by atoms with Crippen molar-refractivity contribution in [2.24, 2.45) is 0 Å². The van der Waals surface area contributed by atoms with Gasteiger partial charge in [0.25, 0.3) is 5.91 Å². The summed E-state index contributed by atoms with van der Waals surface area (Å²) in [6, 6.07) is 6.47. The fraction of sp³-hybridized carbons (Fsp3) is 0.316. The molecule has 11 nitrogen and oxygen atoms in total. The third kappa shape index (κ3) is 3.99. The minimum Gasteiger partial charge on any atom is -0.495 e. The summed E-state index contributed by atoms with van der Waals surface area (Å²) in [4.78, 5) is 38.2. The lowest BCUT2D eigenvalue weighted by molar-refractivity contribution is -0.134. The van der Waals surface area contributed by atoms with Crippen molar-refractivity contribution in [1.29, 1.82) is 0 Å². The van der Waals surface area contributed by atoms with Crippen LogP contribution in [0.25, 0.3) is 0 Å². The molecule has 4 amide bonds. The van der Waals surface area contributed by atoms with Crippen molar-refractivity contribution in [3.63, 3.8) is 0 Å². The van der Waals surface area contributed by atoms with E-state index < -0.39 is 40.0 Å². The van der Waals surface area contributed by atoms with Crippen molar-refractivity contribution >= 4 is 33.6 Å². The number of furan rings is 1. The molecule has 1 unspecified atom stereocenters. The Morgan fingerprint density at radius 3 is 2.58 bits per heavy atom. The maximum atomic E-state index is 12.8. The number of benzene rings is 1. The Hall–Kier alpha value is -3.38. The van der Waals surface area contributed by atoms with Crippen LogP contribution in [0.2, 0.25) is 0 Å². The van der Waals surface area contributed by atoms with Crippen LogP contribution in [0.4, 0.5) is 10.5 Å². The lowest BCUT2D eigenvalue weighted by atomic mass is 9.99. The van der Waals surface area contributed by atoms with Gasteiger partial charge >= 0.3 is 6.03 Å². The molecule has 3 rings (SSSR count). The third-order valence-electron chi connectivity index (χ3n) is 4.80. The molecule has 0 spiro atoms. The van der Waals surface area contributed by atoms with Crippen LogP contribution in [0.15, 0.2) is 45.9 Å². The van der Waals surface area contributed by atoms with Gasteiger partial charge in [-0.15, -0.1) is 0 Å². The summed E-state index contributed by atoms with van der Waals surface area (Å²) in [7, 11) is 0.226. The molecule has 1 aliphatic heterocycles. The van der Waals surface area contributed by atoms with Crippen LogP contribution in [-0.2, 0) is 25.2 Å². The zero-order valence-corrected chi connectivity index (χ0v) is 18.1. The lowest BCUT2D eigenvalue weighted by Crippen LogP contribution is -2.41. The topological polar surface area (TPSA) is 138 Å². The standard InChI is InChI=1S/C19H22N4O7S/c1-19(15-6-5-9-30-15)17(25)23(18(26)21-19)11-16(24)20-12-7-8-13(29-4)14(10-12)31(27,28)22(2)3/h5-10H,11H2,1-4H3,(H,20,24)(H,21,26). The number of hydrogen-bond acceptors (Lipinski definition) is 7. The fourth-order valence-electron chi connectivity index (χ4n) is 3.07. The van der Waals surface area contributed by atoms with Gasteiger partial charge in [-0.2, -0.15) is 0 Å². The second-order valence-corrected chi connectivity index (χ2v) is 9.25. The maximum Gasteiger partial charge on any atom is 0.325 e. The molecule has 0 aliphatic carbocycles. The van der Waals surface area contributed by atoms with E-state index in [0.29, 0.717) is 0 Å². The van der Waals surface area contributed by atoms with Crippen LogP contribution < -0.4 is 15.4 Å². The van der Waals surface area contributed by atoms with Gasteiger partial charge in [-0.25, -0.2) is 17.5 Å². The highest BCUT2D eigenvalue weighted by atomic mass is 32.2. The number of carbonyl (C=O) groups excluding carboxylic acids is 3. The number of rotatable bonds is 7. The van der Waals surface area contributed by atoms with E-state index >= 15 is 0 Å². The van der Waals surface area contributed by atoms with Crippen molar-refractivity contribution in [3.8, 4) is 5.75 Å². The van der Waals surface area contributed by atoms with Crippen molar-refractivity contribution < 1.29 is 32.0 Å². The fourth-order valence-corrected chi connectivity index (χ4v) is 4.14. The van der Waals surface area contributed by atoms with E-state index in [1.54, 1.807) is 12.1 Å². The van der Waals surface area contributed by atoms with Gasteiger partial charge in [0.05, 0.1) is 13.4 Å². The zero-order valence-electron chi connectivity index (χ0n) is 17.3. The minimum atomic E-state index is -3.84. The summed E-state index contributed by atoms with van der Waals surface area (Å²) in [5, 5.41) is 5.02. The molecular weight excluding hydrogens is 428 g/mol. The predicted octanol–water partition coefficient (Wildman–Crippen LogP) is 0.944. The lowest BCUT2D eigenvalue weighted by Gasteiger charge is -2.19. The predicted molar refractivity (Wildman–Crippen MR) is 109 cm³/mol. The van der Waals surface area contributed by atoms with Crippen LogP contribution in [0.1, 0.15) is 12.7 Å². The van der Waals surface area contributed by atoms with E-state index in [0.717, 1.165) is 9.21 Å². The molecule has 166 valence electrons. The SMILES string of the molecule is COc1ccc(NC(=O)CN2C(=O)NC(C)(c3ccco3)C2=O)cc1S(=O)(=O)N(C)C.